The molecule has 4 rings (SSSR count). The van der Waals surface area contributed by atoms with E-state index in [0.29, 0.717) is 44.8 Å². The first kappa shape index (κ1) is 22.8. The molecule has 2 heterocycles. The Labute approximate surface area is 185 Å². The highest BCUT2D eigenvalue weighted by Gasteiger charge is 2.46. The molecule has 8 heteroatoms. The zero-order valence-electron chi connectivity index (χ0n) is 18.0. The van der Waals surface area contributed by atoms with Crippen molar-refractivity contribution in [3.8, 4) is 0 Å². The van der Waals surface area contributed by atoms with Crippen molar-refractivity contribution in [1.82, 2.24) is 10.2 Å². The number of amides is 1. The molecular weight excluding hydrogens is 421 g/mol. The van der Waals surface area contributed by atoms with Crippen LogP contribution in [0.25, 0.3) is 0 Å². The van der Waals surface area contributed by atoms with E-state index < -0.39 is 23.4 Å². The molecule has 0 aromatic heterocycles. The standard InChI is InChI=1S/C24H27F3N2O3/c1-17-5-7-18(8-6-17)13-28-22(30)21-12-23(16-31-21)15-29(9-10-32-23)14-19-3-2-4-20(11-19)24(25,26)27/h2-8,11,21H,9-10,12-16H2,1H3,(H,28,30). The average Bonchev–Trinajstić information content (AvgIpc) is 3.16. The normalized spacial score (nSPS) is 24.1. The van der Waals surface area contributed by atoms with Gasteiger partial charge in [-0.25, -0.2) is 0 Å². The number of carbonyl (C=O) groups excluding carboxylic acids is 1. The highest BCUT2D eigenvalue weighted by molar-refractivity contribution is 5.81. The summed E-state index contributed by atoms with van der Waals surface area (Å²) in [7, 11) is 0. The SMILES string of the molecule is Cc1ccc(CNC(=O)C2CC3(CO2)CN(Cc2cccc(C(F)(F)F)c2)CCO3)cc1. The number of halogens is 3. The molecule has 1 N–H and O–H groups in total. The van der Waals surface area contributed by atoms with Gasteiger partial charge in [-0.3, -0.25) is 9.69 Å². The fourth-order valence-electron chi connectivity index (χ4n) is 4.26. The van der Waals surface area contributed by atoms with E-state index in [-0.39, 0.29) is 12.5 Å². The van der Waals surface area contributed by atoms with E-state index in [1.807, 2.05) is 31.2 Å². The fourth-order valence-corrected chi connectivity index (χ4v) is 4.26. The summed E-state index contributed by atoms with van der Waals surface area (Å²) in [6, 6.07) is 13.3. The number of rotatable bonds is 5. The zero-order chi connectivity index (χ0) is 22.8. The average molecular weight is 448 g/mol. The van der Waals surface area contributed by atoms with Crippen LogP contribution in [0.1, 0.15) is 28.7 Å². The van der Waals surface area contributed by atoms with Gasteiger partial charge in [0.25, 0.3) is 0 Å². The number of hydrogen-bond acceptors (Lipinski definition) is 4. The molecule has 2 atom stereocenters. The summed E-state index contributed by atoms with van der Waals surface area (Å²) in [4.78, 5) is 14.7. The molecule has 32 heavy (non-hydrogen) atoms. The Kier molecular flexibility index (Phi) is 6.55. The molecule has 172 valence electrons. The summed E-state index contributed by atoms with van der Waals surface area (Å²) in [5.74, 6) is -0.180. The minimum atomic E-state index is -4.36. The molecule has 1 spiro atoms. The molecule has 2 aliphatic heterocycles. The number of ether oxygens (including phenoxy) is 2. The minimum absolute atomic E-state index is 0.180. The Bertz CT molecular complexity index is 948. The van der Waals surface area contributed by atoms with E-state index in [2.05, 4.69) is 10.2 Å². The zero-order valence-corrected chi connectivity index (χ0v) is 18.0. The Morgan fingerprint density at radius 2 is 1.97 bits per heavy atom. The molecule has 2 aromatic rings. The van der Waals surface area contributed by atoms with Crippen molar-refractivity contribution in [2.24, 2.45) is 0 Å². The molecule has 0 saturated carbocycles. The maximum atomic E-state index is 13.0. The first-order valence-corrected chi connectivity index (χ1v) is 10.7. The van der Waals surface area contributed by atoms with Crippen molar-refractivity contribution in [2.75, 3.05) is 26.3 Å². The number of nitrogens with one attached hydrogen (secondary N) is 1. The van der Waals surface area contributed by atoms with E-state index in [1.54, 1.807) is 6.07 Å². The maximum Gasteiger partial charge on any atom is 0.416 e. The number of aryl methyl sites for hydroxylation is 1. The monoisotopic (exact) mass is 448 g/mol. The van der Waals surface area contributed by atoms with Crippen LogP contribution < -0.4 is 5.32 Å². The first-order valence-electron chi connectivity index (χ1n) is 10.7. The van der Waals surface area contributed by atoms with Crippen LogP contribution in [0.3, 0.4) is 0 Å². The van der Waals surface area contributed by atoms with Gasteiger partial charge in [0.1, 0.15) is 11.7 Å². The first-order chi connectivity index (χ1) is 15.2. The second-order valence-corrected chi connectivity index (χ2v) is 8.65. The van der Waals surface area contributed by atoms with Crippen molar-refractivity contribution in [3.05, 3.63) is 70.8 Å². The van der Waals surface area contributed by atoms with Gasteiger partial charge >= 0.3 is 6.18 Å². The van der Waals surface area contributed by atoms with Crippen molar-refractivity contribution in [2.45, 2.75) is 44.3 Å². The Morgan fingerprint density at radius 3 is 2.72 bits per heavy atom. The third-order valence-corrected chi connectivity index (χ3v) is 5.97. The van der Waals surface area contributed by atoms with E-state index in [9.17, 15) is 18.0 Å². The lowest BCUT2D eigenvalue weighted by Gasteiger charge is -2.39. The lowest BCUT2D eigenvalue weighted by atomic mass is 9.96. The van der Waals surface area contributed by atoms with Crippen LogP contribution in [-0.2, 0) is 33.5 Å². The van der Waals surface area contributed by atoms with E-state index in [4.69, 9.17) is 9.47 Å². The summed E-state index contributed by atoms with van der Waals surface area (Å²) in [6.45, 7) is 4.67. The van der Waals surface area contributed by atoms with Gasteiger partial charge in [0.15, 0.2) is 0 Å². The van der Waals surface area contributed by atoms with Gasteiger partial charge < -0.3 is 14.8 Å². The lowest BCUT2D eigenvalue weighted by Crippen LogP contribution is -2.52. The highest BCUT2D eigenvalue weighted by atomic mass is 19.4. The number of hydrogen-bond donors (Lipinski definition) is 1. The summed E-state index contributed by atoms with van der Waals surface area (Å²) < 4.78 is 50.8. The van der Waals surface area contributed by atoms with Crippen LogP contribution in [0.15, 0.2) is 48.5 Å². The van der Waals surface area contributed by atoms with Crippen molar-refractivity contribution >= 4 is 5.91 Å². The quantitative estimate of drug-likeness (QED) is 0.758. The van der Waals surface area contributed by atoms with Gasteiger partial charge in [-0.05, 0) is 24.1 Å². The molecule has 0 bridgehead atoms. The molecule has 1 amide bonds. The smallest absolute Gasteiger partial charge is 0.370 e. The molecule has 0 radical (unpaired) electrons. The van der Waals surface area contributed by atoms with Gasteiger partial charge in [-0.1, -0.05) is 48.0 Å². The summed E-state index contributed by atoms with van der Waals surface area (Å²) in [5, 5.41) is 2.91. The predicted octanol–water partition coefficient (Wildman–Crippen LogP) is 3.69. The number of benzene rings is 2. The Hall–Kier alpha value is -2.42. The minimum Gasteiger partial charge on any atom is -0.370 e. The fraction of sp³-hybridized carbons (Fsp3) is 0.458. The van der Waals surface area contributed by atoms with Crippen molar-refractivity contribution in [3.63, 3.8) is 0 Å². The van der Waals surface area contributed by atoms with Crippen LogP contribution in [-0.4, -0.2) is 48.8 Å². The van der Waals surface area contributed by atoms with Crippen molar-refractivity contribution < 1.29 is 27.4 Å². The second kappa shape index (κ2) is 9.21. The van der Waals surface area contributed by atoms with Crippen LogP contribution >= 0.6 is 0 Å². The van der Waals surface area contributed by atoms with E-state index in [0.717, 1.165) is 17.2 Å². The molecule has 2 aliphatic rings. The van der Waals surface area contributed by atoms with Gasteiger partial charge in [-0.15, -0.1) is 0 Å². The third-order valence-electron chi connectivity index (χ3n) is 5.97. The van der Waals surface area contributed by atoms with Gasteiger partial charge in [-0.2, -0.15) is 13.2 Å². The molecule has 2 fully saturated rings. The molecule has 5 nitrogen and oxygen atoms in total. The van der Waals surface area contributed by atoms with Crippen molar-refractivity contribution in [1.29, 1.82) is 0 Å². The van der Waals surface area contributed by atoms with Gasteiger partial charge in [0, 0.05) is 32.6 Å². The molecule has 0 aliphatic carbocycles. The topological polar surface area (TPSA) is 50.8 Å². The number of alkyl halides is 3. The third kappa shape index (κ3) is 5.49. The van der Waals surface area contributed by atoms with Crippen LogP contribution in [0, 0.1) is 6.92 Å². The number of nitrogens with zero attached hydrogens (tertiary/aromatic N) is 1. The maximum absolute atomic E-state index is 13.0. The van der Waals surface area contributed by atoms with E-state index in [1.165, 1.54) is 12.1 Å². The number of carbonyl (C=O) groups is 1. The van der Waals surface area contributed by atoms with Crippen LogP contribution in [0.4, 0.5) is 13.2 Å². The van der Waals surface area contributed by atoms with E-state index >= 15 is 0 Å². The van der Waals surface area contributed by atoms with Gasteiger partial charge in [0.2, 0.25) is 5.91 Å². The lowest BCUT2D eigenvalue weighted by molar-refractivity contribution is -0.137. The molecular formula is C24H27F3N2O3. The molecule has 2 unspecified atom stereocenters. The molecule has 2 aromatic carbocycles. The summed E-state index contributed by atoms with van der Waals surface area (Å²) >= 11 is 0. The largest absolute Gasteiger partial charge is 0.416 e. The predicted molar refractivity (Wildman–Crippen MR) is 113 cm³/mol. The summed E-state index contributed by atoms with van der Waals surface area (Å²) in [6.07, 6.45) is -4.54. The second-order valence-electron chi connectivity index (χ2n) is 8.65. The summed E-state index contributed by atoms with van der Waals surface area (Å²) in [5.41, 5.74) is 1.50. The Balaban J connectivity index is 1.33. The highest BCUT2D eigenvalue weighted by Crippen LogP contribution is 2.33. The van der Waals surface area contributed by atoms with Gasteiger partial charge in [0.05, 0.1) is 18.8 Å². The van der Waals surface area contributed by atoms with Crippen LogP contribution in [0.2, 0.25) is 0 Å². The number of morpholine rings is 1. The molecule has 2 saturated heterocycles. The Morgan fingerprint density at radius 1 is 1.19 bits per heavy atom. The van der Waals surface area contributed by atoms with Crippen LogP contribution in [0.5, 0.6) is 0 Å².